The average molecular weight is 182 g/mol. The van der Waals surface area contributed by atoms with E-state index in [1.54, 1.807) is 0 Å². The standard InChI is InChI=1S/C11H22N2/c1-6-11(4,5)13-8-7-10(2,3)9-12/h13H,6-8H2,1-5H3. The number of hydrogen-bond acceptors (Lipinski definition) is 2. The van der Waals surface area contributed by atoms with E-state index in [0.717, 1.165) is 19.4 Å². The Balaban J connectivity index is 3.76. The van der Waals surface area contributed by atoms with Crippen molar-refractivity contribution in [3.63, 3.8) is 0 Å². The summed E-state index contributed by atoms with van der Waals surface area (Å²) < 4.78 is 0. The molecule has 0 aromatic heterocycles. The zero-order valence-electron chi connectivity index (χ0n) is 9.57. The van der Waals surface area contributed by atoms with Crippen molar-refractivity contribution < 1.29 is 0 Å². The van der Waals surface area contributed by atoms with Crippen molar-refractivity contribution in [2.24, 2.45) is 5.41 Å². The van der Waals surface area contributed by atoms with Gasteiger partial charge in [0, 0.05) is 5.54 Å². The summed E-state index contributed by atoms with van der Waals surface area (Å²) in [6.45, 7) is 11.4. The molecule has 0 amide bonds. The largest absolute Gasteiger partial charge is 0.312 e. The normalized spacial score (nSPS) is 12.6. The lowest BCUT2D eigenvalue weighted by Crippen LogP contribution is -2.40. The Labute approximate surface area is 82.3 Å². The smallest absolute Gasteiger partial charge is 0.0684 e. The van der Waals surface area contributed by atoms with Crippen molar-refractivity contribution in [1.82, 2.24) is 5.32 Å². The molecule has 0 aromatic carbocycles. The highest BCUT2D eigenvalue weighted by atomic mass is 14.9. The summed E-state index contributed by atoms with van der Waals surface area (Å²) in [5.41, 5.74) is 0.00234. The molecule has 0 aliphatic heterocycles. The number of nitrogens with one attached hydrogen (secondary N) is 1. The van der Waals surface area contributed by atoms with E-state index < -0.39 is 0 Å². The molecule has 0 rings (SSSR count). The van der Waals surface area contributed by atoms with Gasteiger partial charge in [-0.05, 0) is 47.1 Å². The van der Waals surface area contributed by atoms with Gasteiger partial charge in [-0.25, -0.2) is 0 Å². The van der Waals surface area contributed by atoms with Gasteiger partial charge in [0.2, 0.25) is 0 Å². The minimum absolute atomic E-state index is 0.198. The van der Waals surface area contributed by atoms with Crippen LogP contribution < -0.4 is 5.32 Å². The molecule has 0 saturated carbocycles. The van der Waals surface area contributed by atoms with Gasteiger partial charge in [-0.1, -0.05) is 6.92 Å². The Morgan fingerprint density at radius 1 is 1.23 bits per heavy atom. The van der Waals surface area contributed by atoms with Gasteiger partial charge < -0.3 is 5.32 Å². The lowest BCUT2D eigenvalue weighted by Gasteiger charge is -2.26. The van der Waals surface area contributed by atoms with Gasteiger partial charge in [0.1, 0.15) is 0 Å². The van der Waals surface area contributed by atoms with E-state index in [2.05, 4.69) is 32.2 Å². The van der Waals surface area contributed by atoms with Crippen LogP contribution in [-0.2, 0) is 0 Å². The topological polar surface area (TPSA) is 35.8 Å². The lowest BCUT2D eigenvalue weighted by molar-refractivity contribution is 0.340. The second kappa shape index (κ2) is 4.62. The Kier molecular flexibility index (Phi) is 4.43. The molecule has 2 nitrogen and oxygen atoms in total. The SMILES string of the molecule is CCC(C)(C)NCCC(C)(C)C#N. The van der Waals surface area contributed by atoms with Crippen LogP contribution in [0.15, 0.2) is 0 Å². The van der Waals surface area contributed by atoms with Crippen LogP contribution in [0.5, 0.6) is 0 Å². The third-order valence-corrected chi connectivity index (χ3v) is 2.54. The molecule has 0 bridgehead atoms. The molecule has 0 aliphatic rings. The molecule has 0 atom stereocenters. The van der Waals surface area contributed by atoms with E-state index in [-0.39, 0.29) is 11.0 Å². The summed E-state index contributed by atoms with van der Waals surface area (Å²) in [5.74, 6) is 0. The van der Waals surface area contributed by atoms with E-state index in [4.69, 9.17) is 5.26 Å². The van der Waals surface area contributed by atoms with Gasteiger partial charge in [-0.15, -0.1) is 0 Å². The summed E-state index contributed by atoms with van der Waals surface area (Å²) in [6.07, 6.45) is 2.02. The number of nitrogens with zero attached hydrogens (tertiary/aromatic N) is 1. The molecule has 0 heterocycles. The van der Waals surface area contributed by atoms with Crippen molar-refractivity contribution >= 4 is 0 Å². The molecule has 0 fully saturated rings. The van der Waals surface area contributed by atoms with Gasteiger partial charge >= 0.3 is 0 Å². The zero-order valence-corrected chi connectivity index (χ0v) is 9.57. The van der Waals surface area contributed by atoms with Crippen molar-refractivity contribution in [2.75, 3.05) is 6.54 Å². The first-order chi connectivity index (χ1) is 5.83. The maximum absolute atomic E-state index is 8.80. The van der Waals surface area contributed by atoms with Crippen LogP contribution in [0.2, 0.25) is 0 Å². The maximum atomic E-state index is 8.80. The minimum Gasteiger partial charge on any atom is -0.312 e. The van der Waals surface area contributed by atoms with Gasteiger partial charge in [0.25, 0.3) is 0 Å². The molecule has 0 aromatic rings. The first-order valence-electron chi connectivity index (χ1n) is 4.99. The second-order valence-corrected chi connectivity index (χ2v) is 4.91. The molecular formula is C11H22N2. The fourth-order valence-corrected chi connectivity index (χ4v) is 0.894. The maximum Gasteiger partial charge on any atom is 0.0684 e. The Morgan fingerprint density at radius 3 is 2.15 bits per heavy atom. The molecular weight excluding hydrogens is 160 g/mol. The van der Waals surface area contributed by atoms with E-state index >= 15 is 0 Å². The van der Waals surface area contributed by atoms with Crippen LogP contribution in [0.4, 0.5) is 0 Å². The highest BCUT2D eigenvalue weighted by molar-refractivity contribution is 4.92. The minimum atomic E-state index is -0.198. The molecule has 76 valence electrons. The van der Waals surface area contributed by atoms with Crippen molar-refractivity contribution in [2.45, 2.75) is 53.0 Å². The summed E-state index contributed by atoms with van der Waals surface area (Å²) in [4.78, 5) is 0. The van der Waals surface area contributed by atoms with Crippen LogP contribution >= 0.6 is 0 Å². The number of hydrogen-bond donors (Lipinski definition) is 1. The third kappa shape index (κ3) is 5.65. The highest BCUT2D eigenvalue weighted by Gasteiger charge is 2.19. The molecule has 0 aliphatic carbocycles. The van der Waals surface area contributed by atoms with Crippen LogP contribution in [0.25, 0.3) is 0 Å². The second-order valence-electron chi connectivity index (χ2n) is 4.91. The van der Waals surface area contributed by atoms with Gasteiger partial charge in [-0.3, -0.25) is 0 Å². The van der Waals surface area contributed by atoms with Crippen LogP contribution in [0.3, 0.4) is 0 Å². The summed E-state index contributed by atoms with van der Waals surface area (Å²) in [5, 5.41) is 12.3. The van der Waals surface area contributed by atoms with Crippen LogP contribution in [-0.4, -0.2) is 12.1 Å². The van der Waals surface area contributed by atoms with Gasteiger partial charge in [0.15, 0.2) is 0 Å². The first-order valence-corrected chi connectivity index (χ1v) is 4.99. The van der Waals surface area contributed by atoms with Crippen LogP contribution in [0.1, 0.15) is 47.5 Å². The summed E-state index contributed by atoms with van der Waals surface area (Å²) in [7, 11) is 0. The predicted octanol–water partition coefficient (Wildman–Crippen LogP) is 2.70. The van der Waals surface area contributed by atoms with E-state index in [1.165, 1.54) is 0 Å². The zero-order chi connectivity index (χ0) is 10.5. The molecule has 0 radical (unpaired) electrons. The van der Waals surface area contributed by atoms with Gasteiger partial charge in [-0.2, -0.15) is 5.26 Å². The highest BCUT2D eigenvalue weighted by Crippen LogP contribution is 2.18. The van der Waals surface area contributed by atoms with Crippen molar-refractivity contribution in [3.05, 3.63) is 0 Å². The quantitative estimate of drug-likeness (QED) is 0.709. The van der Waals surface area contributed by atoms with E-state index in [1.807, 2.05) is 13.8 Å². The molecule has 0 unspecified atom stereocenters. The van der Waals surface area contributed by atoms with Crippen LogP contribution in [0, 0.1) is 16.7 Å². The van der Waals surface area contributed by atoms with Crippen molar-refractivity contribution in [1.29, 1.82) is 5.26 Å². The monoisotopic (exact) mass is 182 g/mol. The molecule has 1 N–H and O–H groups in total. The van der Waals surface area contributed by atoms with Gasteiger partial charge in [0.05, 0.1) is 11.5 Å². The number of nitriles is 1. The Morgan fingerprint density at radius 2 is 1.77 bits per heavy atom. The predicted molar refractivity (Wildman–Crippen MR) is 56.4 cm³/mol. The van der Waals surface area contributed by atoms with E-state index in [9.17, 15) is 0 Å². The third-order valence-electron chi connectivity index (χ3n) is 2.54. The molecule has 13 heavy (non-hydrogen) atoms. The summed E-state index contributed by atoms with van der Waals surface area (Å²) in [6, 6.07) is 2.31. The summed E-state index contributed by atoms with van der Waals surface area (Å²) >= 11 is 0. The average Bonchev–Trinajstić information content (AvgIpc) is 2.04. The Hall–Kier alpha value is -0.550. The molecule has 0 spiro atoms. The molecule has 2 heteroatoms. The fraction of sp³-hybridized carbons (Fsp3) is 0.909. The lowest BCUT2D eigenvalue weighted by atomic mass is 9.91. The first kappa shape index (κ1) is 12.4. The fourth-order valence-electron chi connectivity index (χ4n) is 0.894. The number of rotatable bonds is 5. The molecule has 0 saturated heterocycles. The Bertz CT molecular complexity index is 187. The van der Waals surface area contributed by atoms with Crippen molar-refractivity contribution in [3.8, 4) is 6.07 Å². The van der Waals surface area contributed by atoms with E-state index in [0.29, 0.717) is 0 Å².